The number of hydrogen-bond acceptors (Lipinski definition) is 4. The van der Waals surface area contributed by atoms with Crippen LogP contribution in [0.15, 0.2) is 10.6 Å². The van der Waals surface area contributed by atoms with Crippen LogP contribution in [-0.4, -0.2) is 46.9 Å². The minimum absolute atomic E-state index is 0.00246. The molecular formula is C17H27N3O2. The monoisotopic (exact) mass is 305 g/mol. The topological polar surface area (TPSA) is 49.6 Å². The Bertz CT molecular complexity index is 528. The quantitative estimate of drug-likeness (QED) is 0.860. The third kappa shape index (κ3) is 3.69. The van der Waals surface area contributed by atoms with Crippen LogP contribution in [-0.2, 0) is 16.8 Å². The third-order valence-corrected chi connectivity index (χ3v) is 4.48. The average Bonchev–Trinajstić information content (AvgIpc) is 3.22. The van der Waals surface area contributed by atoms with E-state index in [-0.39, 0.29) is 5.41 Å². The van der Waals surface area contributed by atoms with Crippen LogP contribution in [0.1, 0.15) is 51.7 Å². The predicted molar refractivity (Wildman–Crippen MR) is 84.4 cm³/mol. The number of amides is 1. The van der Waals surface area contributed by atoms with Gasteiger partial charge in [0.1, 0.15) is 5.76 Å². The van der Waals surface area contributed by atoms with Crippen molar-refractivity contribution in [2.75, 3.05) is 26.2 Å². The maximum Gasteiger partial charge on any atom is 0.225 e. The summed E-state index contributed by atoms with van der Waals surface area (Å²) in [5.74, 6) is 2.41. The smallest absolute Gasteiger partial charge is 0.225 e. The van der Waals surface area contributed by atoms with Crippen LogP contribution < -0.4 is 0 Å². The van der Waals surface area contributed by atoms with E-state index in [9.17, 15) is 4.79 Å². The number of oxazole rings is 1. The van der Waals surface area contributed by atoms with Gasteiger partial charge in [0.25, 0.3) is 0 Å². The van der Waals surface area contributed by atoms with Crippen molar-refractivity contribution in [1.82, 2.24) is 14.8 Å². The third-order valence-electron chi connectivity index (χ3n) is 4.48. The minimum Gasteiger partial charge on any atom is -0.444 e. The van der Waals surface area contributed by atoms with Crippen molar-refractivity contribution in [1.29, 1.82) is 0 Å². The molecule has 1 saturated heterocycles. The second-order valence-corrected chi connectivity index (χ2v) is 7.60. The summed E-state index contributed by atoms with van der Waals surface area (Å²) in [6.07, 6.45) is 5.05. The highest BCUT2D eigenvalue weighted by molar-refractivity contribution is 5.81. The van der Waals surface area contributed by atoms with Gasteiger partial charge in [-0.3, -0.25) is 9.69 Å². The molecule has 1 saturated carbocycles. The number of hydrogen-bond donors (Lipinski definition) is 0. The molecule has 1 aromatic heterocycles. The van der Waals surface area contributed by atoms with Crippen LogP contribution in [0.25, 0.3) is 0 Å². The number of rotatable bonds is 3. The molecule has 0 spiro atoms. The van der Waals surface area contributed by atoms with Crippen LogP contribution in [0.3, 0.4) is 0 Å². The van der Waals surface area contributed by atoms with Crippen molar-refractivity contribution in [2.24, 2.45) is 5.92 Å². The predicted octanol–water partition coefficient (Wildman–Crippen LogP) is 2.42. The van der Waals surface area contributed by atoms with E-state index in [2.05, 4.69) is 30.7 Å². The molecule has 0 aromatic carbocycles. The van der Waals surface area contributed by atoms with Crippen LogP contribution >= 0.6 is 0 Å². The highest BCUT2D eigenvalue weighted by Gasteiger charge is 2.34. The van der Waals surface area contributed by atoms with Crippen molar-refractivity contribution in [3.63, 3.8) is 0 Å². The summed E-state index contributed by atoms with van der Waals surface area (Å²) in [6.45, 7) is 10.8. The van der Waals surface area contributed by atoms with Gasteiger partial charge in [0.15, 0.2) is 0 Å². The Morgan fingerprint density at radius 1 is 1.27 bits per heavy atom. The summed E-state index contributed by atoms with van der Waals surface area (Å²) in [6, 6.07) is 0. The van der Waals surface area contributed by atoms with Crippen LogP contribution in [0.2, 0.25) is 0 Å². The van der Waals surface area contributed by atoms with E-state index >= 15 is 0 Å². The van der Waals surface area contributed by atoms with Crippen molar-refractivity contribution in [3.05, 3.63) is 17.8 Å². The summed E-state index contributed by atoms with van der Waals surface area (Å²) >= 11 is 0. The van der Waals surface area contributed by atoms with Gasteiger partial charge >= 0.3 is 0 Å². The Morgan fingerprint density at radius 2 is 2.05 bits per heavy atom. The second kappa shape index (κ2) is 6.03. The normalized spacial score (nSPS) is 21.0. The number of aromatic nitrogens is 1. The highest BCUT2D eigenvalue weighted by Crippen LogP contribution is 2.31. The lowest BCUT2D eigenvalue weighted by Crippen LogP contribution is -2.36. The highest BCUT2D eigenvalue weighted by atomic mass is 16.4. The SMILES string of the molecule is CC(C)(C)c1cnc(CN2CCCN(C(=O)C3CC3)CC2)o1. The van der Waals surface area contributed by atoms with Gasteiger partial charge in [-0.2, -0.15) is 0 Å². The van der Waals surface area contributed by atoms with Crippen LogP contribution in [0.5, 0.6) is 0 Å². The first kappa shape index (κ1) is 15.5. The minimum atomic E-state index is -0.00246. The first-order chi connectivity index (χ1) is 10.4. The molecule has 0 N–H and O–H groups in total. The number of carbonyl (C=O) groups excluding carboxylic acids is 1. The fourth-order valence-electron chi connectivity index (χ4n) is 2.86. The van der Waals surface area contributed by atoms with Gasteiger partial charge in [0.05, 0.1) is 12.7 Å². The van der Waals surface area contributed by atoms with E-state index < -0.39 is 0 Å². The zero-order chi connectivity index (χ0) is 15.7. The molecule has 2 heterocycles. The van der Waals surface area contributed by atoms with E-state index in [4.69, 9.17) is 4.42 Å². The Hall–Kier alpha value is -1.36. The molecule has 0 radical (unpaired) electrons. The molecule has 1 aromatic rings. The molecule has 0 unspecified atom stereocenters. The molecule has 1 aliphatic carbocycles. The van der Waals surface area contributed by atoms with Crippen LogP contribution in [0.4, 0.5) is 0 Å². The van der Waals surface area contributed by atoms with Gasteiger partial charge in [-0.15, -0.1) is 0 Å². The fraction of sp³-hybridized carbons (Fsp3) is 0.765. The van der Waals surface area contributed by atoms with Crippen molar-refractivity contribution < 1.29 is 9.21 Å². The standard InChI is InChI=1S/C17H27N3O2/c1-17(2,3)14-11-18-15(22-14)12-19-7-4-8-20(10-9-19)16(21)13-5-6-13/h11,13H,4-10,12H2,1-3H3. The zero-order valence-corrected chi connectivity index (χ0v) is 14.0. The molecule has 0 atom stereocenters. The van der Waals surface area contributed by atoms with E-state index in [0.29, 0.717) is 11.8 Å². The molecule has 5 nitrogen and oxygen atoms in total. The van der Waals surface area contributed by atoms with Gasteiger partial charge < -0.3 is 9.32 Å². The van der Waals surface area contributed by atoms with Crippen molar-refractivity contribution >= 4 is 5.91 Å². The molecule has 1 aliphatic heterocycles. The number of nitrogens with zero attached hydrogens (tertiary/aromatic N) is 3. The Kier molecular flexibility index (Phi) is 4.26. The lowest BCUT2D eigenvalue weighted by molar-refractivity contribution is -0.132. The van der Waals surface area contributed by atoms with Gasteiger partial charge in [-0.1, -0.05) is 20.8 Å². The molecule has 22 heavy (non-hydrogen) atoms. The van der Waals surface area contributed by atoms with E-state index in [1.165, 1.54) is 0 Å². The Balaban J connectivity index is 1.55. The molecule has 1 amide bonds. The molecular weight excluding hydrogens is 278 g/mol. The van der Waals surface area contributed by atoms with E-state index in [0.717, 1.165) is 63.6 Å². The second-order valence-electron chi connectivity index (χ2n) is 7.60. The maximum absolute atomic E-state index is 12.2. The summed E-state index contributed by atoms with van der Waals surface area (Å²) in [5.41, 5.74) is -0.00246. The van der Waals surface area contributed by atoms with Gasteiger partial charge in [-0.25, -0.2) is 4.98 Å². The van der Waals surface area contributed by atoms with Gasteiger partial charge in [0.2, 0.25) is 11.8 Å². The van der Waals surface area contributed by atoms with Crippen molar-refractivity contribution in [3.8, 4) is 0 Å². The van der Waals surface area contributed by atoms with Crippen LogP contribution in [0, 0.1) is 5.92 Å². The summed E-state index contributed by atoms with van der Waals surface area (Å²) in [5, 5.41) is 0. The van der Waals surface area contributed by atoms with Gasteiger partial charge in [-0.05, 0) is 19.3 Å². The molecule has 122 valence electrons. The van der Waals surface area contributed by atoms with Crippen molar-refractivity contribution in [2.45, 2.75) is 52.0 Å². The fourth-order valence-corrected chi connectivity index (χ4v) is 2.86. The molecule has 0 bridgehead atoms. The van der Waals surface area contributed by atoms with E-state index in [1.54, 1.807) is 0 Å². The summed E-state index contributed by atoms with van der Waals surface area (Å²) in [7, 11) is 0. The average molecular weight is 305 g/mol. The lowest BCUT2D eigenvalue weighted by atomic mass is 9.94. The van der Waals surface area contributed by atoms with Gasteiger partial charge in [0, 0.05) is 37.5 Å². The van der Waals surface area contributed by atoms with E-state index in [1.807, 2.05) is 11.1 Å². The first-order valence-electron chi connectivity index (χ1n) is 8.40. The lowest BCUT2D eigenvalue weighted by Gasteiger charge is -2.21. The largest absolute Gasteiger partial charge is 0.444 e. The molecule has 2 fully saturated rings. The summed E-state index contributed by atoms with van der Waals surface area (Å²) in [4.78, 5) is 21.0. The Morgan fingerprint density at radius 3 is 2.68 bits per heavy atom. The zero-order valence-electron chi connectivity index (χ0n) is 14.0. The Labute approximate surface area is 132 Å². The molecule has 3 rings (SSSR count). The summed E-state index contributed by atoms with van der Waals surface area (Å²) < 4.78 is 5.88. The molecule has 2 aliphatic rings. The maximum atomic E-state index is 12.2. The molecule has 5 heteroatoms. The first-order valence-corrected chi connectivity index (χ1v) is 8.40. The number of carbonyl (C=O) groups is 1.